The highest BCUT2D eigenvalue weighted by molar-refractivity contribution is 5.38. The molecular formula is C14H11FN2O. The van der Waals surface area contributed by atoms with Crippen LogP contribution in [-0.2, 0) is 6.54 Å². The largest absolute Gasteiger partial charge is 0.311 e. The number of nitrogens with zero attached hydrogens (tertiary/aromatic N) is 2. The number of nitriles is 1. The van der Waals surface area contributed by atoms with Crippen LogP contribution in [0.4, 0.5) is 4.39 Å². The lowest BCUT2D eigenvalue weighted by molar-refractivity contribution is 0.622. The maximum absolute atomic E-state index is 13.2. The third-order valence-electron chi connectivity index (χ3n) is 2.74. The Balaban J connectivity index is 2.46. The van der Waals surface area contributed by atoms with Gasteiger partial charge in [-0.25, -0.2) is 4.39 Å². The van der Waals surface area contributed by atoms with Crippen molar-refractivity contribution < 1.29 is 4.39 Å². The van der Waals surface area contributed by atoms with Crippen molar-refractivity contribution in [2.24, 2.45) is 0 Å². The second kappa shape index (κ2) is 4.84. The average molecular weight is 242 g/mol. The van der Waals surface area contributed by atoms with Gasteiger partial charge in [0.05, 0.1) is 18.2 Å². The topological polar surface area (TPSA) is 45.8 Å². The summed E-state index contributed by atoms with van der Waals surface area (Å²) in [5, 5.41) is 8.95. The number of rotatable bonds is 2. The summed E-state index contributed by atoms with van der Waals surface area (Å²) in [4.78, 5) is 11.8. The molecule has 0 radical (unpaired) electrons. The molecule has 2 aromatic rings. The van der Waals surface area contributed by atoms with Crippen molar-refractivity contribution in [2.75, 3.05) is 0 Å². The SMILES string of the molecule is Cc1cccn(Cc2cc(F)ccc2C#N)c1=O. The van der Waals surface area contributed by atoms with Crippen LogP contribution in [0.2, 0.25) is 0 Å². The molecule has 0 unspecified atom stereocenters. The Morgan fingerprint density at radius 1 is 1.39 bits per heavy atom. The molecule has 18 heavy (non-hydrogen) atoms. The molecule has 1 aromatic heterocycles. The average Bonchev–Trinajstić information content (AvgIpc) is 2.35. The van der Waals surface area contributed by atoms with Gasteiger partial charge >= 0.3 is 0 Å². The first-order valence-corrected chi connectivity index (χ1v) is 5.46. The zero-order valence-electron chi connectivity index (χ0n) is 9.85. The Morgan fingerprint density at radius 3 is 2.89 bits per heavy atom. The third kappa shape index (κ3) is 2.30. The van der Waals surface area contributed by atoms with E-state index in [1.165, 1.54) is 22.8 Å². The van der Waals surface area contributed by atoms with Crippen molar-refractivity contribution in [3.05, 3.63) is 69.4 Å². The van der Waals surface area contributed by atoms with Crippen LogP contribution in [0.25, 0.3) is 0 Å². The molecule has 3 nitrogen and oxygen atoms in total. The fourth-order valence-corrected chi connectivity index (χ4v) is 1.77. The van der Waals surface area contributed by atoms with Gasteiger partial charge in [0.1, 0.15) is 5.82 Å². The van der Waals surface area contributed by atoms with E-state index in [4.69, 9.17) is 5.26 Å². The zero-order valence-corrected chi connectivity index (χ0v) is 9.85. The molecule has 90 valence electrons. The van der Waals surface area contributed by atoms with E-state index in [0.717, 1.165) is 0 Å². The molecule has 0 aliphatic rings. The molecule has 0 fully saturated rings. The Hall–Kier alpha value is -2.41. The first-order chi connectivity index (χ1) is 8.61. The van der Waals surface area contributed by atoms with Crippen LogP contribution in [0.15, 0.2) is 41.3 Å². The van der Waals surface area contributed by atoms with Gasteiger partial charge in [0.2, 0.25) is 0 Å². The normalized spacial score (nSPS) is 10.1. The highest BCUT2D eigenvalue weighted by Gasteiger charge is 2.06. The second-order valence-electron chi connectivity index (χ2n) is 4.04. The minimum Gasteiger partial charge on any atom is -0.311 e. The summed E-state index contributed by atoms with van der Waals surface area (Å²) in [5.41, 5.74) is 1.37. The summed E-state index contributed by atoms with van der Waals surface area (Å²) >= 11 is 0. The quantitative estimate of drug-likeness (QED) is 0.810. The van der Waals surface area contributed by atoms with Gasteiger partial charge in [0.15, 0.2) is 0 Å². The summed E-state index contributed by atoms with van der Waals surface area (Å²) in [7, 11) is 0. The van der Waals surface area contributed by atoms with E-state index in [0.29, 0.717) is 16.7 Å². The van der Waals surface area contributed by atoms with Crippen molar-refractivity contribution in [2.45, 2.75) is 13.5 Å². The number of benzene rings is 1. The maximum Gasteiger partial charge on any atom is 0.253 e. The van der Waals surface area contributed by atoms with Crippen LogP contribution in [0, 0.1) is 24.1 Å². The number of hydrogen-bond donors (Lipinski definition) is 0. The highest BCUT2D eigenvalue weighted by atomic mass is 19.1. The van der Waals surface area contributed by atoms with E-state index in [2.05, 4.69) is 0 Å². The van der Waals surface area contributed by atoms with Crippen LogP contribution in [0.3, 0.4) is 0 Å². The number of halogens is 1. The minimum atomic E-state index is -0.412. The van der Waals surface area contributed by atoms with Gasteiger partial charge in [-0.15, -0.1) is 0 Å². The van der Waals surface area contributed by atoms with E-state index in [1.54, 1.807) is 25.3 Å². The third-order valence-corrected chi connectivity index (χ3v) is 2.74. The van der Waals surface area contributed by atoms with E-state index >= 15 is 0 Å². The molecule has 1 heterocycles. The lowest BCUT2D eigenvalue weighted by Gasteiger charge is -2.08. The molecule has 2 rings (SSSR count). The summed E-state index contributed by atoms with van der Waals surface area (Å²) < 4.78 is 14.6. The Bertz CT molecular complexity index is 683. The van der Waals surface area contributed by atoms with Gasteiger partial charge in [-0.1, -0.05) is 6.07 Å². The standard InChI is InChI=1S/C14H11FN2O/c1-10-3-2-6-17(14(10)18)9-12-7-13(15)5-4-11(12)8-16/h2-7H,9H2,1H3. The molecule has 0 saturated heterocycles. The molecule has 1 aromatic carbocycles. The summed E-state index contributed by atoms with van der Waals surface area (Å²) in [6.07, 6.45) is 1.63. The molecule has 0 saturated carbocycles. The van der Waals surface area contributed by atoms with Crippen LogP contribution < -0.4 is 5.56 Å². The molecule has 0 spiro atoms. The maximum atomic E-state index is 13.2. The first kappa shape index (κ1) is 12.1. The van der Waals surface area contributed by atoms with E-state index in [1.807, 2.05) is 6.07 Å². The molecule has 0 aliphatic heterocycles. The molecule has 0 bridgehead atoms. The number of aryl methyl sites for hydroxylation is 1. The smallest absolute Gasteiger partial charge is 0.253 e. The van der Waals surface area contributed by atoms with Crippen LogP contribution in [-0.4, -0.2) is 4.57 Å². The van der Waals surface area contributed by atoms with E-state index in [-0.39, 0.29) is 12.1 Å². The van der Waals surface area contributed by atoms with Crippen LogP contribution >= 0.6 is 0 Å². The van der Waals surface area contributed by atoms with Gasteiger partial charge in [0, 0.05) is 11.8 Å². The molecule has 0 N–H and O–H groups in total. The first-order valence-electron chi connectivity index (χ1n) is 5.46. The van der Waals surface area contributed by atoms with Gasteiger partial charge in [-0.2, -0.15) is 5.26 Å². The van der Waals surface area contributed by atoms with Crippen molar-refractivity contribution >= 4 is 0 Å². The van der Waals surface area contributed by atoms with Crippen LogP contribution in [0.1, 0.15) is 16.7 Å². The summed E-state index contributed by atoms with van der Waals surface area (Å²) in [5.74, 6) is -0.412. The van der Waals surface area contributed by atoms with Crippen LogP contribution in [0.5, 0.6) is 0 Å². The molecule has 0 amide bonds. The predicted octanol–water partition coefficient (Wildman–Crippen LogP) is 2.22. The number of pyridine rings is 1. The number of hydrogen-bond acceptors (Lipinski definition) is 2. The fourth-order valence-electron chi connectivity index (χ4n) is 1.77. The van der Waals surface area contributed by atoms with E-state index in [9.17, 15) is 9.18 Å². The minimum absolute atomic E-state index is 0.134. The van der Waals surface area contributed by atoms with Crippen molar-refractivity contribution in [3.8, 4) is 6.07 Å². The lowest BCUT2D eigenvalue weighted by atomic mass is 10.1. The van der Waals surface area contributed by atoms with E-state index < -0.39 is 5.82 Å². The molecule has 0 aliphatic carbocycles. The van der Waals surface area contributed by atoms with Gasteiger partial charge in [0.25, 0.3) is 5.56 Å². The lowest BCUT2D eigenvalue weighted by Crippen LogP contribution is -2.22. The monoisotopic (exact) mass is 242 g/mol. The Morgan fingerprint density at radius 2 is 2.17 bits per heavy atom. The molecule has 4 heteroatoms. The van der Waals surface area contributed by atoms with Gasteiger partial charge in [-0.3, -0.25) is 4.79 Å². The van der Waals surface area contributed by atoms with Crippen molar-refractivity contribution in [1.82, 2.24) is 4.57 Å². The predicted molar refractivity (Wildman–Crippen MR) is 65.7 cm³/mol. The summed E-state index contributed by atoms with van der Waals surface area (Å²) in [6.45, 7) is 1.91. The van der Waals surface area contributed by atoms with Crippen molar-refractivity contribution in [3.63, 3.8) is 0 Å². The fraction of sp³-hybridized carbons (Fsp3) is 0.143. The molecular weight excluding hydrogens is 231 g/mol. The van der Waals surface area contributed by atoms with Gasteiger partial charge < -0.3 is 4.57 Å². The second-order valence-corrected chi connectivity index (χ2v) is 4.04. The highest BCUT2D eigenvalue weighted by Crippen LogP contribution is 2.11. The Kier molecular flexibility index (Phi) is 3.24. The summed E-state index contributed by atoms with van der Waals surface area (Å²) in [6, 6.07) is 9.41. The molecule has 0 atom stereocenters. The van der Waals surface area contributed by atoms with Crippen molar-refractivity contribution in [1.29, 1.82) is 5.26 Å². The van der Waals surface area contributed by atoms with Gasteiger partial charge in [-0.05, 0) is 36.8 Å². The Labute approximate surface area is 104 Å². The number of aromatic nitrogens is 1. The zero-order chi connectivity index (χ0) is 13.1.